The minimum atomic E-state index is -0.282. The van der Waals surface area contributed by atoms with Crippen LogP contribution in [0.3, 0.4) is 0 Å². The van der Waals surface area contributed by atoms with E-state index >= 15 is 0 Å². The molecule has 0 atom stereocenters. The van der Waals surface area contributed by atoms with Crippen LogP contribution < -0.4 is 0 Å². The van der Waals surface area contributed by atoms with E-state index in [1.807, 2.05) is 13.0 Å². The van der Waals surface area contributed by atoms with Crippen molar-refractivity contribution in [1.82, 2.24) is 9.88 Å². The third-order valence-electron chi connectivity index (χ3n) is 4.87. The second-order valence-electron chi connectivity index (χ2n) is 6.65. The largest absolute Gasteiger partial charge is 0.461 e. The van der Waals surface area contributed by atoms with Crippen molar-refractivity contribution < 1.29 is 9.53 Å². The van der Waals surface area contributed by atoms with Crippen LogP contribution in [0.1, 0.15) is 55.6 Å². The Morgan fingerprint density at radius 2 is 2.04 bits per heavy atom. The summed E-state index contributed by atoms with van der Waals surface area (Å²) < 4.78 is 5.06. The molecule has 0 saturated carbocycles. The molecule has 0 amide bonds. The van der Waals surface area contributed by atoms with Gasteiger partial charge in [0.1, 0.15) is 5.69 Å². The Kier molecular flexibility index (Phi) is 4.71. The van der Waals surface area contributed by atoms with Gasteiger partial charge in [-0.15, -0.1) is 0 Å². The standard InChI is InChI=1S/C19H26N2O2/c1-4-23-19(22)18-12-16-11-15(5-6-17(16)20-18)14-7-9-21(10-8-14)13(2)3/h5-6,11-14,20H,4,7-10H2,1-3H3. The number of carbonyl (C=O) groups excluding carboxylic acids is 1. The van der Waals surface area contributed by atoms with Gasteiger partial charge in [-0.25, -0.2) is 4.79 Å². The normalized spacial score (nSPS) is 17.0. The molecule has 124 valence electrons. The van der Waals surface area contributed by atoms with E-state index in [-0.39, 0.29) is 5.97 Å². The fourth-order valence-corrected chi connectivity index (χ4v) is 3.47. The van der Waals surface area contributed by atoms with Gasteiger partial charge in [0, 0.05) is 16.9 Å². The van der Waals surface area contributed by atoms with E-state index in [1.54, 1.807) is 0 Å². The molecule has 0 spiro atoms. The Morgan fingerprint density at radius 3 is 2.70 bits per heavy atom. The number of likely N-dealkylation sites (tertiary alicyclic amines) is 1. The number of carbonyl (C=O) groups is 1. The van der Waals surface area contributed by atoms with Crippen LogP contribution in [0.2, 0.25) is 0 Å². The molecule has 1 fully saturated rings. The number of aromatic nitrogens is 1. The monoisotopic (exact) mass is 314 g/mol. The number of rotatable bonds is 4. The summed E-state index contributed by atoms with van der Waals surface area (Å²) in [6.45, 7) is 9.09. The smallest absolute Gasteiger partial charge is 0.354 e. The maximum atomic E-state index is 11.8. The lowest BCUT2D eigenvalue weighted by atomic mass is 9.88. The Morgan fingerprint density at radius 1 is 1.30 bits per heavy atom. The van der Waals surface area contributed by atoms with Crippen molar-refractivity contribution in [3.05, 3.63) is 35.5 Å². The third kappa shape index (κ3) is 3.42. The van der Waals surface area contributed by atoms with Crippen molar-refractivity contribution in [2.45, 2.75) is 45.6 Å². The molecule has 1 saturated heterocycles. The Balaban J connectivity index is 1.77. The van der Waals surface area contributed by atoms with E-state index in [2.05, 4.69) is 41.9 Å². The first-order valence-corrected chi connectivity index (χ1v) is 8.62. The zero-order valence-electron chi connectivity index (χ0n) is 14.3. The van der Waals surface area contributed by atoms with Crippen LogP contribution in [0.4, 0.5) is 0 Å². The van der Waals surface area contributed by atoms with Gasteiger partial charge in [-0.05, 0) is 76.4 Å². The van der Waals surface area contributed by atoms with Gasteiger partial charge >= 0.3 is 5.97 Å². The first-order chi connectivity index (χ1) is 11.1. The highest BCUT2D eigenvalue weighted by atomic mass is 16.5. The van der Waals surface area contributed by atoms with Crippen molar-refractivity contribution >= 4 is 16.9 Å². The molecule has 0 bridgehead atoms. The maximum absolute atomic E-state index is 11.8. The molecular weight excluding hydrogens is 288 g/mol. The Labute approximate surface area is 137 Å². The van der Waals surface area contributed by atoms with Crippen LogP contribution in [-0.2, 0) is 4.74 Å². The average molecular weight is 314 g/mol. The molecule has 1 aliphatic rings. The summed E-state index contributed by atoms with van der Waals surface area (Å²) in [6.07, 6.45) is 2.41. The first kappa shape index (κ1) is 16.1. The van der Waals surface area contributed by atoms with E-state index < -0.39 is 0 Å². The van der Waals surface area contributed by atoms with Gasteiger partial charge in [-0.1, -0.05) is 6.07 Å². The summed E-state index contributed by atoms with van der Waals surface area (Å²) in [5.74, 6) is 0.339. The third-order valence-corrected chi connectivity index (χ3v) is 4.87. The van der Waals surface area contributed by atoms with Gasteiger partial charge in [0.05, 0.1) is 6.61 Å². The van der Waals surface area contributed by atoms with Crippen molar-refractivity contribution in [1.29, 1.82) is 0 Å². The molecule has 23 heavy (non-hydrogen) atoms. The summed E-state index contributed by atoms with van der Waals surface area (Å²) in [4.78, 5) is 17.5. The summed E-state index contributed by atoms with van der Waals surface area (Å²) in [5.41, 5.74) is 2.92. The SMILES string of the molecule is CCOC(=O)c1cc2cc(C3CCN(C(C)C)CC3)ccc2[nH]1. The number of fused-ring (bicyclic) bond motifs is 1. The number of ether oxygens (including phenoxy) is 1. The number of nitrogens with one attached hydrogen (secondary N) is 1. The number of hydrogen-bond donors (Lipinski definition) is 1. The van der Waals surface area contributed by atoms with Gasteiger partial charge in [0.15, 0.2) is 0 Å². The zero-order valence-corrected chi connectivity index (χ0v) is 14.3. The lowest BCUT2D eigenvalue weighted by Gasteiger charge is -2.34. The predicted molar refractivity (Wildman–Crippen MR) is 92.9 cm³/mol. The first-order valence-electron chi connectivity index (χ1n) is 8.62. The second kappa shape index (κ2) is 6.75. The molecule has 2 aromatic rings. The lowest BCUT2D eigenvalue weighted by Crippen LogP contribution is -2.37. The lowest BCUT2D eigenvalue weighted by molar-refractivity contribution is 0.0520. The van der Waals surface area contributed by atoms with Crippen molar-refractivity contribution in [3.8, 4) is 0 Å². The number of nitrogens with zero attached hydrogens (tertiary/aromatic N) is 1. The Hall–Kier alpha value is -1.81. The number of H-pyrrole nitrogens is 1. The van der Waals surface area contributed by atoms with E-state index in [0.717, 1.165) is 10.9 Å². The summed E-state index contributed by atoms with van der Waals surface area (Å²) in [7, 11) is 0. The van der Waals surface area contributed by atoms with Crippen LogP contribution in [0.25, 0.3) is 10.9 Å². The van der Waals surface area contributed by atoms with Gasteiger partial charge in [-0.2, -0.15) is 0 Å². The molecule has 1 N–H and O–H groups in total. The van der Waals surface area contributed by atoms with Crippen molar-refractivity contribution in [3.63, 3.8) is 0 Å². The molecule has 0 unspecified atom stereocenters. The average Bonchev–Trinajstić information content (AvgIpc) is 2.98. The molecule has 0 aliphatic carbocycles. The highest BCUT2D eigenvalue weighted by Crippen LogP contribution is 2.31. The van der Waals surface area contributed by atoms with Crippen LogP contribution in [0.15, 0.2) is 24.3 Å². The fourth-order valence-electron chi connectivity index (χ4n) is 3.47. The molecule has 1 aromatic carbocycles. The maximum Gasteiger partial charge on any atom is 0.354 e. The molecule has 1 aliphatic heterocycles. The predicted octanol–water partition coefficient (Wildman–Crippen LogP) is 3.93. The topological polar surface area (TPSA) is 45.3 Å². The number of hydrogen-bond acceptors (Lipinski definition) is 3. The van der Waals surface area contributed by atoms with E-state index in [1.165, 1.54) is 31.5 Å². The van der Waals surface area contributed by atoms with Crippen molar-refractivity contribution in [2.75, 3.05) is 19.7 Å². The summed E-state index contributed by atoms with van der Waals surface area (Å²) in [5, 5.41) is 1.09. The fraction of sp³-hybridized carbons (Fsp3) is 0.526. The molecule has 4 nitrogen and oxygen atoms in total. The van der Waals surface area contributed by atoms with Crippen LogP contribution in [0.5, 0.6) is 0 Å². The summed E-state index contributed by atoms with van der Waals surface area (Å²) in [6, 6.07) is 9.05. The minimum absolute atomic E-state index is 0.282. The quantitative estimate of drug-likeness (QED) is 0.870. The zero-order chi connectivity index (χ0) is 16.4. The van der Waals surface area contributed by atoms with Gasteiger partial charge in [0.25, 0.3) is 0 Å². The second-order valence-corrected chi connectivity index (χ2v) is 6.65. The number of aromatic amines is 1. The van der Waals surface area contributed by atoms with E-state index in [4.69, 9.17) is 4.74 Å². The number of esters is 1. The molecular formula is C19H26N2O2. The van der Waals surface area contributed by atoms with Gasteiger partial charge in [0.2, 0.25) is 0 Å². The minimum Gasteiger partial charge on any atom is -0.461 e. The van der Waals surface area contributed by atoms with E-state index in [0.29, 0.717) is 24.3 Å². The number of piperidine rings is 1. The molecule has 3 rings (SSSR count). The molecule has 4 heteroatoms. The molecule has 1 aromatic heterocycles. The number of benzene rings is 1. The van der Waals surface area contributed by atoms with E-state index in [9.17, 15) is 4.79 Å². The van der Waals surface area contributed by atoms with Crippen molar-refractivity contribution in [2.24, 2.45) is 0 Å². The van der Waals surface area contributed by atoms with Crippen LogP contribution in [0, 0.1) is 0 Å². The van der Waals surface area contributed by atoms with Gasteiger partial charge in [-0.3, -0.25) is 0 Å². The van der Waals surface area contributed by atoms with Crippen LogP contribution >= 0.6 is 0 Å². The highest BCUT2D eigenvalue weighted by Gasteiger charge is 2.22. The highest BCUT2D eigenvalue weighted by molar-refractivity contribution is 5.95. The van der Waals surface area contributed by atoms with Crippen LogP contribution in [-0.4, -0.2) is 41.6 Å². The molecule has 2 heterocycles. The summed E-state index contributed by atoms with van der Waals surface area (Å²) >= 11 is 0. The van der Waals surface area contributed by atoms with Gasteiger partial charge < -0.3 is 14.6 Å². The Bertz CT molecular complexity index is 682. The molecule has 0 radical (unpaired) electrons.